The van der Waals surface area contributed by atoms with Crippen molar-refractivity contribution >= 4 is 40.3 Å². The number of hydrogen-bond acceptors (Lipinski definition) is 7. The van der Waals surface area contributed by atoms with Crippen molar-refractivity contribution in [3.8, 4) is 0 Å². The molecule has 49 heavy (non-hydrogen) atoms. The van der Waals surface area contributed by atoms with E-state index < -0.39 is 41.9 Å². The molecular formula is C36H40N8O5. The van der Waals surface area contributed by atoms with E-state index in [1.165, 1.54) is 12.7 Å². The van der Waals surface area contributed by atoms with Crippen molar-refractivity contribution < 1.29 is 23.9 Å². The number of amides is 4. The third-order valence-electron chi connectivity index (χ3n) is 7.77. The molecular weight excluding hydrogens is 624 g/mol. The van der Waals surface area contributed by atoms with Crippen LogP contribution in [0.25, 0.3) is 10.8 Å². The predicted octanol–water partition coefficient (Wildman–Crippen LogP) is 4.02. The second-order valence-corrected chi connectivity index (χ2v) is 12.1. The number of carbonyl (C=O) groups is 4. The Labute approximate surface area is 283 Å². The Bertz CT molecular complexity index is 1830. The summed E-state index contributed by atoms with van der Waals surface area (Å²) >= 11 is 0. The van der Waals surface area contributed by atoms with Crippen LogP contribution in [0.3, 0.4) is 0 Å². The number of H-pyrrole nitrogens is 2. The largest absolute Gasteiger partial charge is 0.445 e. The fourth-order valence-electron chi connectivity index (χ4n) is 5.30. The van der Waals surface area contributed by atoms with Gasteiger partial charge < -0.3 is 36.0 Å². The second kappa shape index (κ2) is 16.7. The first-order valence-corrected chi connectivity index (χ1v) is 16.1. The number of alkyl carbamates (subject to hydrolysis) is 1. The standard InChI is InChI=1S/C36H40N8O5/c1-23(2)14-30(42-35(47)32(17-29-19-38-22-40-29)44-36(48)49-20-24-8-4-3-5-9-24)34(46)43-31(16-28-18-37-21-39-28)33(45)41-27-13-12-25-10-6-7-11-26(25)15-27/h3-13,15,18-19,21-23,30-32H,14,16-17,20H2,1-2H3,(H,37,39)(H,38,40)(H,41,45)(H,42,47)(H,43,46)(H,44,48)/t30-,31-,32-/m0/s1. The molecule has 13 nitrogen and oxygen atoms in total. The van der Waals surface area contributed by atoms with Crippen molar-refractivity contribution in [2.24, 2.45) is 5.92 Å². The summed E-state index contributed by atoms with van der Waals surface area (Å²) in [4.78, 5) is 67.9. The van der Waals surface area contributed by atoms with E-state index in [0.717, 1.165) is 16.3 Å². The second-order valence-electron chi connectivity index (χ2n) is 12.1. The predicted molar refractivity (Wildman–Crippen MR) is 184 cm³/mol. The van der Waals surface area contributed by atoms with Gasteiger partial charge in [0.25, 0.3) is 0 Å². The lowest BCUT2D eigenvalue weighted by Gasteiger charge is -2.26. The van der Waals surface area contributed by atoms with Gasteiger partial charge in [0, 0.05) is 42.3 Å². The summed E-state index contributed by atoms with van der Waals surface area (Å²) < 4.78 is 5.36. The zero-order valence-corrected chi connectivity index (χ0v) is 27.3. The third kappa shape index (κ3) is 10.3. The van der Waals surface area contributed by atoms with Gasteiger partial charge in [0.05, 0.1) is 12.7 Å². The van der Waals surface area contributed by atoms with Crippen molar-refractivity contribution in [1.82, 2.24) is 35.9 Å². The van der Waals surface area contributed by atoms with Crippen molar-refractivity contribution in [1.29, 1.82) is 0 Å². The monoisotopic (exact) mass is 664 g/mol. The molecule has 0 unspecified atom stereocenters. The fourth-order valence-corrected chi connectivity index (χ4v) is 5.30. The number of imidazole rings is 2. The van der Waals surface area contributed by atoms with Gasteiger partial charge in [-0.3, -0.25) is 14.4 Å². The molecule has 0 spiro atoms. The Balaban J connectivity index is 1.29. The molecule has 6 N–H and O–H groups in total. The molecule has 0 fully saturated rings. The van der Waals surface area contributed by atoms with Crippen LogP contribution in [0.2, 0.25) is 0 Å². The maximum atomic E-state index is 13.8. The van der Waals surface area contributed by atoms with Gasteiger partial charge >= 0.3 is 6.09 Å². The lowest BCUT2D eigenvalue weighted by atomic mass is 10.0. The molecule has 0 saturated heterocycles. The van der Waals surface area contributed by atoms with Crippen molar-refractivity contribution in [2.45, 2.75) is 57.8 Å². The van der Waals surface area contributed by atoms with Gasteiger partial charge in [0.1, 0.15) is 24.7 Å². The van der Waals surface area contributed by atoms with E-state index in [2.05, 4.69) is 41.2 Å². The molecule has 0 aliphatic heterocycles. The topological polar surface area (TPSA) is 183 Å². The summed E-state index contributed by atoms with van der Waals surface area (Å²) in [6, 6.07) is 19.4. The van der Waals surface area contributed by atoms with E-state index in [4.69, 9.17) is 4.74 Å². The SMILES string of the molecule is CC(C)C[C@H](NC(=O)[C@H](Cc1cnc[nH]1)NC(=O)OCc1ccccc1)C(=O)N[C@@H](Cc1cnc[nH]1)C(=O)Nc1ccc2ccccc2c1. The number of carbonyl (C=O) groups excluding carboxylic acids is 4. The molecule has 2 heterocycles. The van der Waals surface area contributed by atoms with Gasteiger partial charge in [-0.2, -0.15) is 0 Å². The van der Waals surface area contributed by atoms with Crippen molar-refractivity contribution in [3.05, 3.63) is 115 Å². The number of ether oxygens (including phenoxy) is 1. The maximum absolute atomic E-state index is 13.8. The highest BCUT2D eigenvalue weighted by molar-refractivity contribution is 6.00. The Kier molecular flexibility index (Phi) is 11.7. The van der Waals surface area contributed by atoms with E-state index in [1.54, 1.807) is 18.5 Å². The highest BCUT2D eigenvalue weighted by Crippen LogP contribution is 2.19. The average Bonchev–Trinajstić information content (AvgIpc) is 3.81. The zero-order chi connectivity index (χ0) is 34.6. The number of benzene rings is 3. The molecule has 5 rings (SSSR count). The lowest BCUT2D eigenvalue weighted by Crippen LogP contribution is -2.57. The Morgan fingerprint density at radius 2 is 1.29 bits per heavy atom. The number of hydrogen-bond donors (Lipinski definition) is 6. The summed E-state index contributed by atoms with van der Waals surface area (Å²) in [7, 11) is 0. The molecule has 254 valence electrons. The normalized spacial score (nSPS) is 12.9. The molecule has 3 aromatic carbocycles. The fraction of sp³-hybridized carbons (Fsp3) is 0.278. The summed E-state index contributed by atoms with van der Waals surface area (Å²) in [6.45, 7) is 3.85. The third-order valence-corrected chi connectivity index (χ3v) is 7.77. The van der Waals surface area contributed by atoms with E-state index in [0.29, 0.717) is 17.1 Å². The first-order valence-electron chi connectivity index (χ1n) is 16.1. The molecule has 3 atom stereocenters. The molecule has 0 bridgehead atoms. The average molecular weight is 665 g/mol. The zero-order valence-electron chi connectivity index (χ0n) is 27.3. The minimum Gasteiger partial charge on any atom is -0.445 e. The Hall–Kier alpha value is -5.98. The van der Waals surface area contributed by atoms with Crippen LogP contribution in [0.15, 0.2) is 97.8 Å². The first-order chi connectivity index (χ1) is 23.7. The van der Waals surface area contributed by atoms with Crippen LogP contribution >= 0.6 is 0 Å². The molecule has 2 aromatic heterocycles. The number of nitrogens with one attached hydrogen (secondary N) is 6. The highest BCUT2D eigenvalue weighted by atomic mass is 16.5. The highest BCUT2D eigenvalue weighted by Gasteiger charge is 2.31. The minimum absolute atomic E-state index is 0.00314. The van der Waals surface area contributed by atoms with E-state index in [1.807, 2.05) is 80.6 Å². The lowest BCUT2D eigenvalue weighted by molar-refractivity contribution is -0.132. The number of aromatic amines is 2. The maximum Gasteiger partial charge on any atom is 0.408 e. The van der Waals surface area contributed by atoms with Crippen LogP contribution in [0.5, 0.6) is 0 Å². The molecule has 0 aliphatic rings. The molecule has 5 aromatic rings. The number of fused-ring (bicyclic) bond motifs is 1. The molecule has 4 amide bonds. The quantitative estimate of drug-likeness (QED) is 0.0977. The van der Waals surface area contributed by atoms with Gasteiger partial charge in [-0.15, -0.1) is 0 Å². The smallest absolute Gasteiger partial charge is 0.408 e. The van der Waals surface area contributed by atoms with E-state index >= 15 is 0 Å². The summed E-state index contributed by atoms with van der Waals surface area (Å²) in [5.74, 6) is -1.58. The minimum atomic E-state index is -1.09. The van der Waals surface area contributed by atoms with Crippen LogP contribution in [0.4, 0.5) is 10.5 Å². The van der Waals surface area contributed by atoms with Gasteiger partial charge in [-0.05, 0) is 40.8 Å². The van der Waals surface area contributed by atoms with Crippen LogP contribution in [0.1, 0.15) is 37.2 Å². The number of aromatic nitrogens is 4. The Morgan fingerprint density at radius 1 is 0.694 bits per heavy atom. The summed E-state index contributed by atoms with van der Waals surface area (Å²) in [5, 5.41) is 13.2. The van der Waals surface area contributed by atoms with Crippen LogP contribution in [-0.2, 0) is 38.6 Å². The van der Waals surface area contributed by atoms with E-state index in [9.17, 15) is 19.2 Å². The van der Waals surface area contributed by atoms with Crippen molar-refractivity contribution in [2.75, 3.05) is 5.32 Å². The van der Waals surface area contributed by atoms with Gasteiger partial charge in [0.15, 0.2) is 0 Å². The molecule has 0 aliphatic carbocycles. The van der Waals surface area contributed by atoms with Crippen LogP contribution < -0.4 is 21.3 Å². The van der Waals surface area contributed by atoms with Gasteiger partial charge in [-0.25, -0.2) is 14.8 Å². The van der Waals surface area contributed by atoms with Gasteiger partial charge in [0.2, 0.25) is 17.7 Å². The number of anilines is 1. The molecule has 13 heteroatoms. The Morgan fingerprint density at radius 3 is 1.92 bits per heavy atom. The first kappa shape index (κ1) is 34.4. The molecule has 0 saturated carbocycles. The number of rotatable bonds is 15. The summed E-state index contributed by atoms with van der Waals surface area (Å²) in [6.07, 6.45) is 5.77. The number of nitrogens with zero attached hydrogens (tertiary/aromatic N) is 2. The summed E-state index contributed by atoms with van der Waals surface area (Å²) in [5.41, 5.74) is 2.60. The van der Waals surface area contributed by atoms with E-state index in [-0.39, 0.29) is 31.8 Å². The van der Waals surface area contributed by atoms with Crippen molar-refractivity contribution in [3.63, 3.8) is 0 Å². The van der Waals surface area contributed by atoms with Crippen LogP contribution in [-0.4, -0.2) is 61.9 Å². The van der Waals surface area contributed by atoms with Crippen LogP contribution in [0, 0.1) is 5.92 Å². The molecule has 0 radical (unpaired) electrons. The van der Waals surface area contributed by atoms with Gasteiger partial charge in [-0.1, -0.05) is 74.5 Å².